The minimum atomic E-state index is -1.57. The van der Waals surface area contributed by atoms with E-state index >= 15 is 0 Å². The fraction of sp³-hybridized carbons (Fsp3) is 0.750. The first-order valence-electron chi connectivity index (χ1n) is 4.11. The van der Waals surface area contributed by atoms with Gasteiger partial charge in [-0.1, -0.05) is 0 Å². The van der Waals surface area contributed by atoms with Crippen LogP contribution >= 0.6 is 0 Å². The molecule has 1 aliphatic heterocycles. The molecule has 0 bridgehead atoms. The van der Waals surface area contributed by atoms with Crippen molar-refractivity contribution in [1.82, 2.24) is 4.90 Å². The molecule has 0 unspecified atom stereocenters. The molecule has 0 amide bonds. The maximum atomic E-state index is 10.7. The van der Waals surface area contributed by atoms with Gasteiger partial charge >= 0.3 is 11.9 Å². The Morgan fingerprint density at radius 2 is 1.62 bits per heavy atom. The number of hydrogen-bond donors (Lipinski definition) is 2. The molecule has 13 heavy (non-hydrogen) atoms. The Morgan fingerprint density at radius 1 is 1.23 bits per heavy atom. The zero-order valence-corrected chi connectivity index (χ0v) is 7.65. The predicted octanol–water partition coefficient (Wildman–Crippen LogP) is -0.134. The molecule has 1 rings (SSSR count). The summed E-state index contributed by atoms with van der Waals surface area (Å²) in [6, 6.07) is 0.201. The summed E-state index contributed by atoms with van der Waals surface area (Å²) in [5.74, 6) is -2.48. The van der Waals surface area contributed by atoms with Gasteiger partial charge in [-0.05, 0) is 13.8 Å². The molecule has 0 atom stereocenters. The highest BCUT2D eigenvalue weighted by molar-refractivity contribution is 6.00. The van der Waals surface area contributed by atoms with Crippen molar-refractivity contribution in [2.75, 3.05) is 13.1 Å². The Hall–Kier alpha value is -1.10. The fourth-order valence-electron chi connectivity index (χ4n) is 1.37. The van der Waals surface area contributed by atoms with Crippen molar-refractivity contribution in [3.8, 4) is 0 Å². The van der Waals surface area contributed by atoms with Gasteiger partial charge in [0.15, 0.2) is 5.41 Å². The number of carbonyl (C=O) groups is 2. The van der Waals surface area contributed by atoms with Crippen LogP contribution in [-0.4, -0.2) is 46.2 Å². The van der Waals surface area contributed by atoms with Crippen molar-refractivity contribution < 1.29 is 19.8 Å². The van der Waals surface area contributed by atoms with E-state index in [4.69, 9.17) is 10.2 Å². The molecule has 0 aromatic rings. The minimum absolute atomic E-state index is 0.106. The van der Waals surface area contributed by atoms with Crippen LogP contribution in [0.15, 0.2) is 0 Å². The Bertz CT molecular complexity index is 227. The molecule has 0 saturated carbocycles. The van der Waals surface area contributed by atoms with Crippen LogP contribution in [0.4, 0.5) is 0 Å². The van der Waals surface area contributed by atoms with E-state index in [9.17, 15) is 9.59 Å². The summed E-state index contributed by atoms with van der Waals surface area (Å²) in [6.45, 7) is 4.03. The first-order chi connectivity index (χ1) is 5.90. The summed E-state index contributed by atoms with van der Waals surface area (Å²) in [4.78, 5) is 23.2. The minimum Gasteiger partial charge on any atom is -0.480 e. The molecule has 1 aliphatic rings. The topological polar surface area (TPSA) is 77.8 Å². The van der Waals surface area contributed by atoms with E-state index < -0.39 is 17.4 Å². The predicted molar refractivity (Wildman–Crippen MR) is 44.4 cm³/mol. The van der Waals surface area contributed by atoms with E-state index in [0.29, 0.717) is 0 Å². The van der Waals surface area contributed by atoms with Crippen molar-refractivity contribution in [3.63, 3.8) is 0 Å². The zero-order chi connectivity index (χ0) is 10.2. The molecular weight excluding hydrogens is 174 g/mol. The maximum Gasteiger partial charge on any atom is 0.323 e. The Labute approximate surface area is 76.0 Å². The lowest BCUT2D eigenvalue weighted by atomic mass is 9.79. The van der Waals surface area contributed by atoms with Crippen molar-refractivity contribution >= 4 is 11.9 Å². The average molecular weight is 187 g/mol. The lowest BCUT2D eigenvalue weighted by molar-refractivity contribution is -0.179. The van der Waals surface area contributed by atoms with E-state index in [0.717, 1.165) is 0 Å². The monoisotopic (exact) mass is 187 g/mol. The lowest BCUT2D eigenvalue weighted by Gasteiger charge is -2.46. The van der Waals surface area contributed by atoms with Gasteiger partial charge in [-0.2, -0.15) is 0 Å². The van der Waals surface area contributed by atoms with E-state index in [1.807, 2.05) is 18.7 Å². The fourth-order valence-corrected chi connectivity index (χ4v) is 1.37. The van der Waals surface area contributed by atoms with Crippen LogP contribution in [0, 0.1) is 5.41 Å². The van der Waals surface area contributed by atoms with Crippen LogP contribution in [0.1, 0.15) is 13.8 Å². The number of likely N-dealkylation sites (tertiary alicyclic amines) is 1. The van der Waals surface area contributed by atoms with E-state index in [1.54, 1.807) is 0 Å². The standard InChI is InChI=1S/C8H13NO4/c1-5(2)9-3-8(4-9,6(10)11)7(12)13/h5H,3-4H2,1-2H3,(H,10,11)(H,12,13). The second-order valence-electron chi connectivity index (χ2n) is 3.69. The van der Waals surface area contributed by atoms with Gasteiger partial charge in [0, 0.05) is 19.1 Å². The van der Waals surface area contributed by atoms with Gasteiger partial charge in [-0.25, -0.2) is 0 Å². The van der Waals surface area contributed by atoms with Gasteiger partial charge in [0.2, 0.25) is 0 Å². The van der Waals surface area contributed by atoms with Crippen molar-refractivity contribution in [1.29, 1.82) is 0 Å². The number of rotatable bonds is 3. The number of carboxylic acid groups (broad SMARTS) is 2. The normalized spacial score (nSPS) is 21.2. The molecule has 1 fully saturated rings. The largest absolute Gasteiger partial charge is 0.480 e. The third kappa shape index (κ3) is 1.39. The van der Waals surface area contributed by atoms with Crippen molar-refractivity contribution in [2.45, 2.75) is 19.9 Å². The lowest BCUT2D eigenvalue weighted by Crippen LogP contribution is -2.65. The average Bonchev–Trinajstić information content (AvgIpc) is 1.80. The Kier molecular flexibility index (Phi) is 2.30. The van der Waals surface area contributed by atoms with Gasteiger partial charge in [-0.15, -0.1) is 0 Å². The molecule has 1 saturated heterocycles. The van der Waals surface area contributed by atoms with Gasteiger partial charge in [0.25, 0.3) is 0 Å². The highest BCUT2D eigenvalue weighted by Crippen LogP contribution is 2.32. The Morgan fingerprint density at radius 3 is 1.85 bits per heavy atom. The second-order valence-corrected chi connectivity index (χ2v) is 3.69. The van der Waals surface area contributed by atoms with E-state index in [2.05, 4.69) is 0 Å². The van der Waals surface area contributed by atoms with Crippen LogP contribution < -0.4 is 0 Å². The molecule has 0 aromatic carbocycles. The van der Waals surface area contributed by atoms with E-state index in [-0.39, 0.29) is 19.1 Å². The van der Waals surface area contributed by atoms with Gasteiger partial charge in [0.1, 0.15) is 0 Å². The number of hydrogen-bond acceptors (Lipinski definition) is 3. The molecule has 2 N–H and O–H groups in total. The SMILES string of the molecule is CC(C)N1CC(C(=O)O)(C(=O)O)C1. The Balaban J connectivity index is 2.69. The molecule has 0 radical (unpaired) electrons. The summed E-state index contributed by atoms with van der Waals surface area (Å²) in [5, 5.41) is 17.5. The first-order valence-corrected chi connectivity index (χ1v) is 4.11. The van der Waals surface area contributed by atoms with Gasteiger partial charge < -0.3 is 10.2 Å². The molecule has 1 heterocycles. The van der Waals surface area contributed by atoms with E-state index in [1.165, 1.54) is 0 Å². The molecule has 5 heteroatoms. The summed E-state index contributed by atoms with van der Waals surface area (Å²) in [5.41, 5.74) is -1.57. The third-order valence-electron chi connectivity index (χ3n) is 2.50. The smallest absolute Gasteiger partial charge is 0.323 e. The molecule has 0 spiro atoms. The molecule has 5 nitrogen and oxygen atoms in total. The molecule has 0 aromatic heterocycles. The van der Waals surface area contributed by atoms with Gasteiger partial charge in [-0.3, -0.25) is 14.5 Å². The van der Waals surface area contributed by atoms with Crippen LogP contribution in [-0.2, 0) is 9.59 Å². The summed E-state index contributed by atoms with van der Waals surface area (Å²) < 4.78 is 0. The maximum absolute atomic E-state index is 10.7. The van der Waals surface area contributed by atoms with Crippen molar-refractivity contribution in [3.05, 3.63) is 0 Å². The van der Waals surface area contributed by atoms with Crippen LogP contribution in [0.25, 0.3) is 0 Å². The van der Waals surface area contributed by atoms with Crippen LogP contribution in [0.3, 0.4) is 0 Å². The zero-order valence-electron chi connectivity index (χ0n) is 7.65. The number of nitrogens with zero attached hydrogens (tertiary/aromatic N) is 1. The molecule has 74 valence electrons. The second kappa shape index (κ2) is 2.99. The van der Waals surface area contributed by atoms with Crippen LogP contribution in [0.5, 0.6) is 0 Å². The highest BCUT2D eigenvalue weighted by Gasteiger charge is 2.56. The van der Waals surface area contributed by atoms with Crippen molar-refractivity contribution in [2.24, 2.45) is 5.41 Å². The summed E-state index contributed by atoms with van der Waals surface area (Å²) in [7, 11) is 0. The van der Waals surface area contributed by atoms with Crippen LogP contribution in [0.2, 0.25) is 0 Å². The first kappa shape index (κ1) is 9.98. The number of aliphatic carboxylic acids is 2. The highest BCUT2D eigenvalue weighted by atomic mass is 16.4. The molecular formula is C8H13NO4. The summed E-state index contributed by atoms with van der Waals surface area (Å²) in [6.07, 6.45) is 0. The quantitative estimate of drug-likeness (QED) is 0.601. The summed E-state index contributed by atoms with van der Waals surface area (Å²) >= 11 is 0. The van der Waals surface area contributed by atoms with Gasteiger partial charge in [0.05, 0.1) is 0 Å². The number of carboxylic acids is 2. The molecule has 0 aliphatic carbocycles. The third-order valence-corrected chi connectivity index (χ3v) is 2.50.